The van der Waals surface area contributed by atoms with Crippen molar-refractivity contribution in [3.05, 3.63) is 50.5 Å². The molecule has 0 aliphatic carbocycles. The Morgan fingerprint density at radius 3 is 2.52 bits per heavy atom. The molecule has 3 aromatic rings. The Hall–Kier alpha value is -1.45. The predicted octanol–water partition coefficient (Wildman–Crippen LogP) is 4.94. The number of aromatic nitrogens is 1. The smallest absolute Gasteiger partial charge is 0.272 e. The number of methoxy groups -OCH3 is 1. The second-order valence-electron chi connectivity index (χ2n) is 5.68. The molecular formula is C17H14BrCl2NO5S. The minimum absolute atomic E-state index is 0.0420. The highest BCUT2D eigenvalue weighted by molar-refractivity contribution is 9.10. The fourth-order valence-electron chi connectivity index (χ4n) is 2.71. The normalized spacial score (nSPS) is 11.9. The van der Waals surface area contributed by atoms with Gasteiger partial charge < -0.3 is 14.6 Å². The second kappa shape index (κ2) is 7.52. The van der Waals surface area contributed by atoms with Crippen molar-refractivity contribution < 1.29 is 23.0 Å². The lowest BCUT2D eigenvalue weighted by atomic mass is 10.2. The highest BCUT2D eigenvalue weighted by Gasteiger charge is 2.27. The van der Waals surface area contributed by atoms with Crippen LogP contribution in [0.5, 0.6) is 11.5 Å². The number of ether oxygens (including phenoxy) is 2. The summed E-state index contributed by atoms with van der Waals surface area (Å²) in [5, 5.41) is 11.1. The molecule has 0 radical (unpaired) electrons. The number of nitrogens with zero attached hydrogens (tertiary/aromatic N) is 1. The fourth-order valence-corrected chi connectivity index (χ4v) is 5.63. The molecule has 1 aromatic heterocycles. The summed E-state index contributed by atoms with van der Waals surface area (Å²) in [5.41, 5.74) is 0.777. The molecule has 0 atom stereocenters. The topological polar surface area (TPSA) is 77.8 Å². The molecule has 6 nitrogen and oxygen atoms in total. The first-order valence-electron chi connectivity index (χ1n) is 7.53. The maximum atomic E-state index is 13.3. The van der Waals surface area contributed by atoms with Crippen molar-refractivity contribution in [1.82, 2.24) is 3.97 Å². The van der Waals surface area contributed by atoms with Gasteiger partial charge in [0.15, 0.2) is 12.5 Å². The third-order valence-electron chi connectivity index (χ3n) is 3.83. The molecule has 0 saturated carbocycles. The average Bonchev–Trinajstić information content (AvgIpc) is 2.91. The van der Waals surface area contributed by atoms with E-state index in [0.29, 0.717) is 26.1 Å². The third-order valence-corrected chi connectivity index (χ3v) is 6.70. The van der Waals surface area contributed by atoms with Crippen LogP contribution in [-0.2, 0) is 14.8 Å². The molecule has 0 spiro atoms. The van der Waals surface area contributed by atoms with E-state index in [4.69, 9.17) is 32.7 Å². The Morgan fingerprint density at radius 2 is 1.85 bits per heavy atom. The number of hydrogen-bond acceptors (Lipinski definition) is 5. The van der Waals surface area contributed by atoms with Crippen LogP contribution in [0.25, 0.3) is 10.9 Å². The number of aromatic hydroxyl groups is 1. The molecule has 0 aliphatic rings. The molecule has 10 heteroatoms. The molecule has 0 aliphatic heterocycles. The number of benzene rings is 2. The van der Waals surface area contributed by atoms with E-state index in [9.17, 15) is 13.5 Å². The van der Waals surface area contributed by atoms with Crippen molar-refractivity contribution in [1.29, 1.82) is 0 Å². The van der Waals surface area contributed by atoms with Gasteiger partial charge in [-0.3, -0.25) is 0 Å². The summed E-state index contributed by atoms with van der Waals surface area (Å²) in [4.78, 5) is -0.322. The second-order valence-corrected chi connectivity index (χ2v) is 9.17. The minimum atomic E-state index is -4.16. The summed E-state index contributed by atoms with van der Waals surface area (Å²) in [6, 6.07) is 7.50. The van der Waals surface area contributed by atoms with Crippen LogP contribution in [0.1, 0.15) is 5.69 Å². The summed E-state index contributed by atoms with van der Waals surface area (Å²) in [6.07, 6.45) is 0. The zero-order valence-corrected chi connectivity index (χ0v) is 18.1. The number of hydrogen-bond donors (Lipinski definition) is 1. The molecule has 0 bridgehead atoms. The molecule has 0 amide bonds. The van der Waals surface area contributed by atoms with Crippen LogP contribution in [0.2, 0.25) is 10.0 Å². The van der Waals surface area contributed by atoms with Crippen molar-refractivity contribution in [3.8, 4) is 11.5 Å². The lowest BCUT2D eigenvalue weighted by Gasteiger charge is -2.13. The molecular weight excluding hydrogens is 481 g/mol. The average molecular weight is 495 g/mol. The van der Waals surface area contributed by atoms with Crippen molar-refractivity contribution in [3.63, 3.8) is 0 Å². The van der Waals surface area contributed by atoms with Gasteiger partial charge in [-0.2, -0.15) is 0 Å². The van der Waals surface area contributed by atoms with Gasteiger partial charge in [0, 0.05) is 28.7 Å². The quantitative estimate of drug-likeness (QED) is 0.508. The molecule has 0 unspecified atom stereocenters. The summed E-state index contributed by atoms with van der Waals surface area (Å²) >= 11 is 15.3. The molecule has 0 fully saturated rings. The van der Waals surface area contributed by atoms with Crippen LogP contribution in [0, 0.1) is 6.92 Å². The zero-order valence-electron chi connectivity index (χ0n) is 14.2. The lowest BCUT2D eigenvalue weighted by Crippen LogP contribution is -2.14. The van der Waals surface area contributed by atoms with E-state index in [2.05, 4.69) is 15.9 Å². The van der Waals surface area contributed by atoms with Gasteiger partial charge >= 0.3 is 0 Å². The maximum absolute atomic E-state index is 13.3. The summed E-state index contributed by atoms with van der Waals surface area (Å²) in [5.74, 6) is -0.247. The standard InChI is InChI=1S/C17H14BrCl2NO5S/c1-9-3-10-4-12(19)15(26-8-25-2)7-14(10)21(9)27(23,24)16-6-11(18)5-13(20)17(16)22/h3-7,22H,8H2,1-2H3. The lowest BCUT2D eigenvalue weighted by molar-refractivity contribution is 0.0513. The van der Waals surface area contributed by atoms with E-state index < -0.39 is 15.8 Å². The van der Waals surface area contributed by atoms with E-state index in [1.807, 2.05) is 0 Å². The Kier molecular flexibility index (Phi) is 5.65. The maximum Gasteiger partial charge on any atom is 0.272 e. The summed E-state index contributed by atoms with van der Waals surface area (Å²) < 4.78 is 38.4. The SMILES string of the molecule is COCOc1cc2c(cc1Cl)cc(C)n2S(=O)(=O)c1cc(Br)cc(Cl)c1O. The Bertz CT molecular complexity index is 1140. The summed E-state index contributed by atoms with van der Waals surface area (Å²) in [6.45, 7) is 1.59. The Morgan fingerprint density at radius 1 is 1.15 bits per heavy atom. The van der Waals surface area contributed by atoms with Crippen LogP contribution in [-0.4, -0.2) is 31.4 Å². The predicted molar refractivity (Wildman–Crippen MR) is 108 cm³/mol. The first-order valence-corrected chi connectivity index (χ1v) is 10.5. The van der Waals surface area contributed by atoms with Crippen LogP contribution in [0.15, 0.2) is 39.7 Å². The van der Waals surface area contributed by atoms with Gasteiger partial charge in [-0.05, 0) is 31.2 Å². The van der Waals surface area contributed by atoms with Crippen LogP contribution >= 0.6 is 39.1 Å². The molecule has 1 N–H and O–H groups in total. The number of halogens is 3. The van der Waals surface area contributed by atoms with Gasteiger partial charge in [0.25, 0.3) is 10.0 Å². The van der Waals surface area contributed by atoms with Crippen molar-refractivity contribution in [2.24, 2.45) is 0 Å². The van der Waals surface area contributed by atoms with Crippen molar-refractivity contribution in [2.45, 2.75) is 11.8 Å². The highest BCUT2D eigenvalue weighted by Crippen LogP contribution is 2.38. The van der Waals surface area contributed by atoms with Gasteiger partial charge in [-0.15, -0.1) is 0 Å². The number of aryl methyl sites for hydroxylation is 1. The van der Waals surface area contributed by atoms with Gasteiger partial charge in [-0.1, -0.05) is 39.1 Å². The first-order chi connectivity index (χ1) is 12.7. The molecule has 1 heterocycles. The van der Waals surface area contributed by atoms with E-state index in [-0.39, 0.29) is 22.5 Å². The number of rotatable bonds is 5. The molecule has 0 saturated heterocycles. The van der Waals surface area contributed by atoms with Gasteiger partial charge in [0.05, 0.1) is 15.6 Å². The first kappa shape index (κ1) is 20.3. The van der Waals surface area contributed by atoms with Gasteiger partial charge in [0.1, 0.15) is 10.6 Å². The van der Waals surface area contributed by atoms with Crippen molar-refractivity contribution in [2.75, 3.05) is 13.9 Å². The van der Waals surface area contributed by atoms with Gasteiger partial charge in [0.2, 0.25) is 0 Å². The van der Waals surface area contributed by atoms with E-state index >= 15 is 0 Å². The highest BCUT2D eigenvalue weighted by atomic mass is 79.9. The van der Waals surface area contributed by atoms with Crippen LogP contribution < -0.4 is 4.74 Å². The molecule has 27 heavy (non-hydrogen) atoms. The Balaban J connectivity index is 2.28. The molecule has 2 aromatic carbocycles. The fraction of sp³-hybridized carbons (Fsp3) is 0.176. The number of fused-ring (bicyclic) bond motifs is 1. The zero-order chi connectivity index (χ0) is 19.9. The van der Waals surface area contributed by atoms with E-state index in [0.717, 1.165) is 3.97 Å². The van der Waals surface area contributed by atoms with Crippen molar-refractivity contribution >= 4 is 60.1 Å². The monoisotopic (exact) mass is 493 g/mol. The Labute approximate surface area is 174 Å². The minimum Gasteiger partial charge on any atom is -0.505 e. The molecule has 3 rings (SSSR count). The van der Waals surface area contributed by atoms with E-state index in [1.54, 1.807) is 19.1 Å². The van der Waals surface area contributed by atoms with Gasteiger partial charge in [-0.25, -0.2) is 12.4 Å². The number of phenols is 1. The van der Waals surface area contributed by atoms with Crippen LogP contribution in [0.4, 0.5) is 0 Å². The third kappa shape index (κ3) is 3.64. The molecule has 144 valence electrons. The summed E-state index contributed by atoms with van der Waals surface area (Å²) in [7, 11) is -2.69. The van der Waals surface area contributed by atoms with E-state index in [1.165, 1.54) is 25.3 Å². The van der Waals surface area contributed by atoms with Crippen LogP contribution in [0.3, 0.4) is 0 Å². The number of phenolic OH excluding ortho intramolecular Hbond substituents is 1. The largest absolute Gasteiger partial charge is 0.505 e.